The second-order valence-electron chi connectivity index (χ2n) is 10.7. The molecule has 0 fully saturated rings. The van der Waals surface area contributed by atoms with Gasteiger partial charge in [-0.05, 0) is 12.8 Å². The lowest BCUT2D eigenvalue weighted by molar-refractivity contribution is -0.949. The van der Waals surface area contributed by atoms with E-state index in [2.05, 4.69) is 63.7 Å². The van der Waals surface area contributed by atoms with Crippen LogP contribution in [0.1, 0.15) is 135 Å². The Hall–Kier alpha value is -0.860. The van der Waals surface area contributed by atoms with Crippen LogP contribution in [0.15, 0.2) is 30.3 Å². The lowest BCUT2D eigenvalue weighted by Gasteiger charge is -2.33. The maximum Gasteiger partial charge on any atom is 0.121 e. The topological polar surface area (TPSA) is 12.0 Å². The Morgan fingerprint density at radius 1 is 0.625 bits per heavy atom. The van der Waals surface area contributed by atoms with Gasteiger partial charge in [-0.2, -0.15) is 5.43 Å². The summed E-state index contributed by atoms with van der Waals surface area (Å²) >= 11 is 0. The summed E-state index contributed by atoms with van der Waals surface area (Å²) < 4.78 is 0.862. The first-order chi connectivity index (χ1) is 15.6. The maximum absolute atomic E-state index is 3.88. The average Bonchev–Trinajstić information content (AvgIpc) is 2.78. The molecule has 0 spiro atoms. The number of hydrogen-bond donors (Lipinski definition) is 1. The minimum absolute atomic E-state index is 0.625. The van der Waals surface area contributed by atoms with E-state index in [0.717, 1.165) is 11.1 Å². The van der Waals surface area contributed by atoms with Crippen molar-refractivity contribution in [1.82, 2.24) is 5.43 Å². The average molecular weight is 446 g/mol. The van der Waals surface area contributed by atoms with Gasteiger partial charge in [-0.1, -0.05) is 147 Å². The molecule has 0 amide bonds. The van der Waals surface area contributed by atoms with Crippen LogP contribution in [0.5, 0.6) is 0 Å². The molecule has 1 N–H and O–H groups in total. The van der Waals surface area contributed by atoms with E-state index in [1.54, 1.807) is 0 Å². The van der Waals surface area contributed by atoms with Crippen molar-refractivity contribution in [1.29, 1.82) is 0 Å². The third kappa shape index (κ3) is 16.7. The molecule has 0 saturated carbocycles. The van der Waals surface area contributed by atoms with Gasteiger partial charge < -0.3 is 0 Å². The number of quaternary nitrogens is 1. The molecule has 1 unspecified atom stereocenters. The number of hydrogen-bond acceptors (Lipinski definition) is 1. The number of benzene rings is 1. The van der Waals surface area contributed by atoms with Crippen LogP contribution in [0.3, 0.4) is 0 Å². The van der Waals surface area contributed by atoms with Gasteiger partial charge in [0.1, 0.15) is 6.54 Å². The molecule has 2 nitrogen and oxygen atoms in total. The zero-order valence-electron chi connectivity index (χ0n) is 22.3. The molecule has 1 aromatic rings. The Bertz CT molecular complexity index is 511. The predicted molar refractivity (Wildman–Crippen MR) is 144 cm³/mol. The molecule has 32 heavy (non-hydrogen) atoms. The standard InChI is InChI=1S/C30H57N2/c1-5-7-8-9-10-11-12-13-14-15-16-17-18-19-20-24-27-30(6-2)31-32(3,4)28-29-25-22-21-23-26-29/h21-23,25-26,30-31H,5-20,24,27-28H2,1-4H3/q+1. The highest BCUT2D eigenvalue weighted by molar-refractivity contribution is 5.13. The Morgan fingerprint density at radius 2 is 1.06 bits per heavy atom. The van der Waals surface area contributed by atoms with E-state index < -0.39 is 0 Å². The molecule has 0 aliphatic carbocycles. The fourth-order valence-electron chi connectivity index (χ4n) is 4.88. The van der Waals surface area contributed by atoms with Gasteiger partial charge in [0.15, 0.2) is 0 Å². The first-order valence-electron chi connectivity index (χ1n) is 14.2. The van der Waals surface area contributed by atoms with Crippen LogP contribution in [0.25, 0.3) is 0 Å². The molecule has 0 saturated heterocycles. The van der Waals surface area contributed by atoms with Crippen LogP contribution in [0.4, 0.5) is 0 Å². The quantitative estimate of drug-likeness (QED) is 0.106. The monoisotopic (exact) mass is 445 g/mol. The Balaban J connectivity index is 1.94. The van der Waals surface area contributed by atoms with Crippen molar-refractivity contribution >= 4 is 0 Å². The van der Waals surface area contributed by atoms with Gasteiger partial charge in [-0.15, -0.1) is 0 Å². The Morgan fingerprint density at radius 3 is 1.50 bits per heavy atom. The highest BCUT2D eigenvalue weighted by Crippen LogP contribution is 2.16. The molecule has 0 radical (unpaired) electrons. The summed E-state index contributed by atoms with van der Waals surface area (Å²) in [5.74, 6) is 0. The van der Waals surface area contributed by atoms with Gasteiger partial charge in [0.2, 0.25) is 0 Å². The first-order valence-corrected chi connectivity index (χ1v) is 14.2. The van der Waals surface area contributed by atoms with E-state index in [4.69, 9.17) is 0 Å². The number of unbranched alkanes of at least 4 members (excludes halogenated alkanes) is 15. The zero-order chi connectivity index (χ0) is 23.3. The fraction of sp³-hybridized carbons (Fsp3) is 0.800. The zero-order valence-corrected chi connectivity index (χ0v) is 22.3. The normalized spacial score (nSPS) is 12.9. The predicted octanol–water partition coefficient (Wildman–Crippen LogP) is 9.20. The van der Waals surface area contributed by atoms with Crippen LogP contribution in [-0.4, -0.2) is 24.7 Å². The summed E-state index contributed by atoms with van der Waals surface area (Å²) in [6.45, 7) is 5.66. The molecule has 0 bridgehead atoms. The second-order valence-corrected chi connectivity index (χ2v) is 10.7. The Kier molecular flexibility index (Phi) is 17.9. The molecule has 1 atom stereocenters. The minimum atomic E-state index is 0.625. The van der Waals surface area contributed by atoms with Gasteiger partial charge in [0.05, 0.1) is 20.1 Å². The SMILES string of the molecule is CCCCCCCCCCCCCCCCCCC(CC)N[N+](C)(C)Cc1ccccc1. The maximum atomic E-state index is 3.88. The van der Waals surface area contributed by atoms with Crippen molar-refractivity contribution in [3.63, 3.8) is 0 Å². The minimum Gasteiger partial charge on any atom is -0.247 e. The lowest BCUT2D eigenvalue weighted by Crippen LogP contribution is -2.55. The molecule has 1 rings (SSSR count). The summed E-state index contributed by atoms with van der Waals surface area (Å²) in [5, 5.41) is 0. The largest absolute Gasteiger partial charge is 0.247 e. The summed E-state index contributed by atoms with van der Waals surface area (Å²) in [6.07, 6.45) is 25.6. The molecule has 186 valence electrons. The van der Waals surface area contributed by atoms with E-state index in [-0.39, 0.29) is 0 Å². The smallest absolute Gasteiger partial charge is 0.121 e. The molecule has 2 heteroatoms. The van der Waals surface area contributed by atoms with Crippen LogP contribution in [-0.2, 0) is 6.54 Å². The van der Waals surface area contributed by atoms with Crippen molar-refractivity contribution in [2.75, 3.05) is 14.1 Å². The fourth-order valence-corrected chi connectivity index (χ4v) is 4.88. The molecular formula is C30H57N2+. The van der Waals surface area contributed by atoms with Gasteiger partial charge >= 0.3 is 0 Å². The van der Waals surface area contributed by atoms with Crippen molar-refractivity contribution < 1.29 is 4.59 Å². The molecular weight excluding hydrogens is 388 g/mol. The summed E-state index contributed by atoms with van der Waals surface area (Å²) in [6, 6.07) is 11.5. The molecule has 0 aliphatic rings. The van der Waals surface area contributed by atoms with Crippen LogP contribution in [0, 0.1) is 0 Å². The van der Waals surface area contributed by atoms with E-state index in [1.165, 1.54) is 121 Å². The van der Waals surface area contributed by atoms with Gasteiger partial charge in [0, 0.05) is 5.56 Å². The highest BCUT2D eigenvalue weighted by atomic mass is 15.6. The third-order valence-corrected chi connectivity index (χ3v) is 6.85. The van der Waals surface area contributed by atoms with Crippen LogP contribution < -0.4 is 5.43 Å². The highest BCUT2D eigenvalue weighted by Gasteiger charge is 2.20. The number of nitrogens with zero attached hydrogens (tertiary/aromatic N) is 1. The van der Waals surface area contributed by atoms with E-state index in [0.29, 0.717) is 6.04 Å². The number of rotatable bonds is 22. The van der Waals surface area contributed by atoms with Gasteiger partial charge in [0.25, 0.3) is 0 Å². The third-order valence-electron chi connectivity index (χ3n) is 6.85. The van der Waals surface area contributed by atoms with Crippen molar-refractivity contribution in [2.45, 2.75) is 142 Å². The van der Waals surface area contributed by atoms with Crippen LogP contribution >= 0.6 is 0 Å². The van der Waals surface area contributed by atoms with Crippen molar-refractivity contribution in [3.8, 4) is 0 Å². The summed E-state index contributed by atoms with van der Waals surface area (Å²) in [5.41, 5.74) is 5.29. The van der Waals surface area contributed by atoms with Gasteiger partial charge in [-0.3, -0.25) is 0 Å². The summed E-state index contributed by atoms with van der Waals surface area (Å²) in [4.78, 5) is 0. The van der Waals surface area contributed by atoms with Crippen LogP contribution in [0.2, 0.25) is 0 Å². The van der Waals surface area contributed by atoms with Gasteiger partial charge in [-0.25, -0.2) is 4.59 Å². The molecule has 0 heterocycles. The Labute approximate surface area is 202 Å². The lowest BCUT2D eigenvalue weighted by atomic mass is 10.0. The van der Waals surface area contributed by atoms with E-state index in [9.17, 15) is 0 Å². The van der Waals surface area contributed by atoms with Crippen molar-refractivity contribution in [2.24, 2.45) is 0 Å². The second kappa shape index (κ2) is 19.6. The molecule has 0 aromatic heterocycles. The van der Waals surface area contributed by atoms with E-state index in [1.807, 2.05) is 0 Å². The first kappa shape index (κ1) is 29.2. The molecule has 0 aliphatic heterocycles. The van der Waals surface area contributed by atoms with E-state index >= 15 is 0 Å². The van der Waals surface area contributed by atoms with Crippen molar-refractivity contribution in [3.05, 3.63) is 35.9 Å². The molecule has 1 aromatic carbocycles. The summed E-state index contributed by atoms with van der Waals surface area (Å²) in [7, 11) is 4.59. The number of nitrogens with one attached hydrogen (secondary N) is 1.